The van der Waals surface area contributed by atoms with Crippen LogP contribution in [0.25, 0.3) is 0 Å². The maximum Gasteiger partial charge on any atom is 0.228 e. The molecular formula is C13H13N3O. The summed E-state index contributed by atoms with van der Waals surface area (Å²) in [5.74, 6) is 0.438. The molecule has 2 atom stereocenters. The van der Waals surface area contributed by atoms with Crippen LogP contribution < -0.4 is 5.32 Å². The van der Waals surface area contributed by atoms with Gasteiger partial charge in [0, 0.05) is 23.7 Å². The summed E-state index contributed by atoms with van der Waals surface area (Å²) in [6, 6.07) is 9.54. The summed E-state index contributed by atoms with van der Waals surface area (Å²) in [5, 5.41) is 2.92. The van der Waals surface area contributed by atoms with E-state index < -0.39 is 0 Å². The smallest absolute Gasteiger partial charge is 0.228 e. The van der Waals surface area contributed by atoms with Crippen molar-refractivity contribution in [1.82, 2.24) is 9.97 Å². The van der Waals surface area contributed by atoms with Gasteiger partial charge in [0.05, 0.1) is 12.0 Å². The van der Waals surface area contributed by atoms with Crippen LogP contribution in [0.2, 0.25) is 0 Å². The molecule has 1 aliphatic carbocycles. The molecule has 0 aliphatic heterocycles. The van der Waals surface area contributed by atoms with Crippen molar-refractivity contribution in [3.63, 3.8) is 0 Å². The van der Waals surface area contributed by atoms with Crippen molar-refractivity contribution in [2.24, 2.45) is 5.92 Å². The Bertz CT molecular complexity index is 507. The van der Waals surface area contributed by atoms with Gasteiger partial charge < -0.3 is 10.3 Å². The predicted octanol–water partition coefficient (Wildman–Crippen LogP) is 2.15. The lowest BCUT2D eigenvalue weighted by molar-refractivity contribution is -0.117. The first-order valence-electron chi connectivity index (χ1n) is 5.69. The normalized spacial score (nSPS) is 22.1. The van der Waals surface area contributed by atoms with Crippen LogP contribution >= 0.6 is 0 Å². The first kappa shape index (κ1) is 10.1. The summed E-state index contributed by atoms with van der Waals surface area (Å²) >= 11 is 0. The third kappa shape index (κ3) is 2.06. The standard InChI is InChI=1S/C13H13N3O/c17-13(16-9-4-2-1-3-5-9)11-6-10(11)12-7-14-8-15-12/h1-5,7-8,10-11H,6H2,(H,14,15)(H,16,17)/t10-,11?/m1/s1. The number of rotatable bonds is 3. The molecule has 17 heavy (non-hydrogen) atoms. The minimum Gasteiger partial charge on any atom is -0.351 e. The number of H-pyrrole nitrogens is 1. The first-order valence-corrected chi connectivity index (χ1v) is 5.69. The van der Waals surface area contributed by atoms with Gasteiger partial charge in [-0.05, 0) is 18.6 Å². The summed E-state index contributed by atoms with van der Waals surface area (Å²) in [7, 11) is 0. The van der Waals surface area contributed by atoms with Crippen molar-refractivity contribution in [1.29, 1.82) is 0 Å². The average Bonchev–Trinajstić information content (AvgIpc) is 2.98. The second-order valence-electron chi connectivity index (χ2n) is 4.30. The zero-order valence-corrected chi connectivity index (χ0v) is 9.26. The van der Waals surface area contributed by atoms with Crippen LogP contribution in [0.1, 0.15) is 18.0 Å². The number of amides is 1. The van der Waals surface area contributed by atoms with Crippen LogP contribution in [0, 0.1) is 5.92 Å². The lowest BCUT2D eigenvalue weighted by atomic mass is 10.2. The summed E-state index contributed by atoms with van der Waals surface area (Å²) < 4.78 is 0. The number of para-hydroxylation sites is 1. The molecule has 1 heterocycles. The monoisotopic (exact) mass is 227 g/mol. The van der Waals surface area contributed by atoms with E-state index >= 15 is 0 Å². The molecule has 3 rings (SSSR count). The van der Waals surface area contributed by atoms with Gasteiger partial charge in [-0.25, -0.2) is 4.98 Å². The van der Waals surface area contributed by atoms with Gasteiger partial charge in [-0.1, -0.05) is 18.2 Å². The zero-order chi connectivity index (χ0) is 11.7. The Hall–Kier alpha value is -2.10. The highest BCUT2D eigenvalue weighted by Gasteiger charge is 2.45. The largest absolute Gasteiger partial charge is 0.351 e. The minimum absolute atomic E-state index is 0.0681. The highest BCUT2D eigenvalue weighted by atomic mass is 16.2. The quantitative estimate of drug-likeness (QED) is 0.844. The van der Waals surface area contributed by atoms with Crippen molar-refractivity contribution >= 4 is 11.6 Å². The summed E-state index contributed by atoms with van der Waals surface area (Å²) in [4.78, 5) is 19.0. The molecule has 0 radical (unpaired) electrons. The van der Waals surface area contributed by atoms with Crippen LogP contribution in [-0.4, -0.2) is 15.9 Å². The Morgan fingerprint density at radius 2 is 2.18 bits per heavy atom. The number of nitrogens with one attached hydrogen (secondary N) is 2. The second-order valence-corrected chi connectivity index (χ2v) is 4.30. The fraction of sp³-hybridized carbons (Fsp3) is 0.231. The minimum atomic E-state index is 0.0681. The Balaban J connectivity index is 1.62. The SMILES string of the molecule is O=C(Nc1ccccc1)C1C[C@H]1c1c[nH]cn1. The number of hydrogen-bond donors (Lipinski definition) is 2. The molecule has 0 bridgehead atoms. The molecule has 1 aromatic heterocycles. The molecule has 2 aromatic rings. The van der Waals surface area contributed by atoms with Crippen LogP contribution in [0.15, 0.2) is 42.9 Å². The molecule has 1 amide bonds. The fourth-order valence-electron chi connectivity index (χ4n) is 2.04. The van der Waals surface area contributed by atoms with Crippen LogP contribution in [0.3, 0.4) is 0 Å². The number of benzene rings is 1. The van der Waals surface area contributed by atoms with Gasteiger partial charge in [-0.3, -0.25) is 4.79 Å². The molecule has 1 saturated carbocycles. The molecule has 1 aliphatic rings. The highest BCUT2D eigenvalue weighted by Crippen LogP contribution is 2.47. The number of hydrogen-bond acceptors (Lipinski definition) is 2. The molecule has 2 N–H and O–H groups in total. The average molecular weight is 227 g/mol. The van der Waals surface area contributed by atoms with Gasteiger partial charge in [0.25, 0.3) is 0 Å². The van der Waals surface area contributed by atoms with Crippen molar-refractivity contribution in [2.45, 2.75) is 12.3 Å². The van der Waals surface area contributed by atoms with Crippen LogP contribution in [0.4, 0.5) is 5.69 Å². The van der Waals surface area contributed by atoms with Gasteiger partial charge in [-0.2, -0.15) is 0 Å². The van der Waals surface area contributed by atoms with E-state index in [1.54, 1.807) is 6.33 Å². The van der Waals surface area contributed by atoms with Crippen molar-refractivity contribution in [2.75, 3.05) is 5.32 Å². The molecule has 4 nitrogen and oxygen atoms in total. The number of carbonyl (C=O) groups is 1. The number of aromatic nitrogens is 2. The van der Waals surface area contributed by atoms with E-state index in [4.69, 9.17) is 0 Å². The summed E-state index contributed by atoms with van der Waals surface area (Å²) in [6.45, 7) is 0. The lowest BCUT2D eigenvalue weighted by Crippen LogP contribution is -2.14. The third-order valence-electron chi connectivity index (χ3n) is 3.07. The Morgan fingerprint density at radius 1 is 1.35 bits per heavy atom. The zero-order valence-electron chi connectivity index (χ0n) is 9.26. The Labute approximate surface area is 99.1 Å². The lowest BCUT2D eigenvalue weighted by Gasteiger charge is -2.03. The molecule has 1 fully saturated rings. The van der Waals surface area contributed by atoms with E-state index in [1.807, 2.05) is 36.5 Å². The van der Waals surface area contributed by atoms with Crippen molar-refractivity contribution in [3.8, 4) is 0 Å². The van der Waals surface area contributed by atoms with E-state index in [0.717, 1.165) is 17.8 Å². The molecule has 1 unspecified atom stereocenters. The number of aromatic amines is 1. The van der Waals surface area contributed by atoms with Crippen molar-refractivity contribution in [3.05, 3.63) is 48.5 Å². The van der Waals surface area contributed by atoms with Crippen LogP contribution in [-0.2, 0) is 4.79 Å². The van der Waals surface area contributed by atoms with Gasteiger partial charge in [-0.15, -0.1) is 0 Å². The molecule has 1 aromatic carbocycles. The topological polar surface area (TPSA) is 57.8 Å². The molecule has 86 valence electrons. The molecular weight excluding hydrogens is 214 g/mol. The van der Waals surface area contributed by atoms with Gasteiger partial charge >= 0.3 is 0 Å². The van der Waals surface area contributed by atoms with E-state index in [0.29, 0.717) is 0 Å². The molecule has 0 saturated heterocycles. The van der Waals surface area contributed by atoms with Crippen molar-refractivity contribution < 1.29 is 4.79 Å². The Kier molecular flexibility index (Phi) is 2.40. The summed E-state index contributed by atoms with van der Waals surface area (Å²) in [5.41, 5.74) is 1.84. The third-order valence-corrected chi connectivity index (χ3v) is 3.07. The van der Waals surface area contributed by atoms with E-state index in [-0.39, 0.29) is 17.7 Å². The van der Waals surface area contributed by atoms with Gasteiger partial charge in [0.2, 0.25) is 5.91 Å². The molecule has 4 heteroatoms. The van der Waals surface area contributed by atoms with Gasteiger partial charge in [0.1, 0.15) is 0 Å². The maximum atomic E-state index is 11.9. The molecule has 0 spiro atoms. The Morgan fingerprint density at radius 3 is 2.88 bits per heavy atom. The van der Waals surface area contributed by atoms with E-state index in [1.165, 1.54) is 0 Å². The second kappa shape index (κ2) is 4.05. The maximum absolute atomic E-state index is 11.9. The number of anilines is 1. The van der Waals surface area contributed by atoms with E-state index in [2.05, 4.69) is 15.3 Å². The van der Waals surface area contributed by atoms with Crippen LogP contribution in [0.5, 0.6) is 0 Å². The predicted molar refractivity (Wildman–Crippen MR) is 64.5 cm³/mol. The highest BCUT2D eigenvalue weighted by molar-refractivity contribution is 5.95. The first-order chi connectivity index (χ1) is 8.34. The number of nitrogens with zero attached hydrogens (tertiary/aromatic N) is 1. The number of imidazole rings is 1. The number of carbonyl (C=O) groups excluding carboxylic acids is 1. The van der Waals surface area contributed by atoms with E-state index in [9.17, 15) is 4.79 Å². The van der Waals surface area contributed by atoms with Gasteiger partial charge in [0.15, 0.2) is 0 Å². The summed E-state index contributed by atoms with van der Waals surface area (Å²) in [6.07, 6.45) is 4.41. The fourth-order valence-corrected chi connectivity index (χ4v) is 2.04.